The number of unbranched alkanes of at least 4 members (excludes halogenated alkanes) is 3. The second-order valence-corrected chi connectivity index (χ2v) is 6.06. The number of benzene rings is 2. The summed E-state index contributed by atoms with van der Waals surface area (Å²) in [6.07, 6.45) is 5.78. The first-order valence-electron chi connectivity index (χ1n) is 8.88. The lowest BCUT2D eigenvalue weighted by molar-refractivity contribution is 0.276. The first kappa shape index (κ1) is 18.7. The topological polar surface area (TPSA) is 57.7 Å². The Kier molecular flexibility index (Phi) is 7.65. The number of azo groups is 1. The van der Waals surface area contributed by atoms with E-state index in [4.69, 9.17) is 10.00 Å². The summed E-state index contributed by atoms with van der Waals surface area (Å²) in [6, 6.07) is 17.5. The standard InChI is InChI=1S/C21H25N3O/c1-3-4-5-6-7-18-8-10-19(11-9-18)23-24-20-12-14-21(15-13-20)25-17(2)16-22/h8-15,17H,3-7H2,1-2H3/b24-23+. The summed E-state index contributed by atoms with van der Waals surface area (Å²) in [5.41, 5.74) is 2.94. The van der Waals surface area contributed by atoms with E-state index >= 15 is 0 Å². The molecule has 0 N–H and O–H groups in total. The van der Waals surface area contributed by atoms with Crippen LogP contribution in [0.25, 0.3) is 0 Å². The molecule has 0 aliphatic rings. The van der Waals surface area contributed by atoms with Crippen molar-refractivity contribution in [2.75, 3.05) is 0 Å². The molecule has 0 radical (unpaired) electrons. The fraction of sp³-hybridized carbons (Fsp3) is 0.381. The third kappa shape index (κ3) is 6.76. The van der Waals surface area contributed by atoms with E-state index in [-0.39, 0.29) is 0 Å². The molecule has 2 aromatic carbocycles. The molecule has 0 aliphatic heterocycles. The van der Waals surface area contributed by atoms with Crippen molar-refractivity contribution in [1.29, 1.82) is 5.26 Å². The molecular weight excluding hydrogens is 310 g/mol. The van der Waals surface area contributed by atoms with Gasteiger partial charge in [0.15, 0.2) is 6.10 Å². The fourth-order valence-electron chi connectivity index (χ4n) is 2.42. The lowest BCUT2D eigenvalue weighted by Gasteiger charge is -2.06. The maximum atomic E-state index is 8.74. The molecule has 4 nitrogen and oxygen atoms in total. The molecule has 0 amide bonds. The van der Waals surface area contributed by atoms with Crippen molar-refractivity contribution in [3.63, 3.8) is 0 Å². The lowest BCUT2D eigenvalue weighted by Crippen LogP contribution is -2.07. The minimum Gasteiger partial charge on any atom is -0.476 e. The minimum atomic E-state index is -0.465. The highest BCUT2D eigenvalue weighted by atomic mass is 16.5. The molecule has 0 heterocycles. The van der Waals surface area contributed by atoms with Crippen molar-refractivity contribution in [3.05, 3.63) is 54.1 Å². The predicted molar refractivity (Wildman–Crippen MR) is 101 cm³/mol. The van der Waals surface area contributed by atoms with Crippen LogP contribution in [-0.4, -0.2) is 6.10 Å². The SMILES string of the molecule is CCCCCCc1ccc(/N=N/c2ccc(OC(C)C#N)cc2)cc1. The lowest BCUT2D eigenvalue weighted by atomic mass is 10.1. The van der Waals surface area contributed by atoms with Crippen molar-refractivity contribution in [1.82, 2.24) is 0 Å². The highest BCUT2D eigenvalue weighted by Gasteiger charge is 2.01. The van der Waals surface area contributed by atoms with E-state index in [2.05, 4.69) is 29.3 Å². The molecule has 0 saturated heterocycles. The molecule has 0 bridgehead atoms. The summed E-state index contributed by atoms with van der Waals surface area (Å²) in [7, 11) is 0. The summed E-state index contributed by atoms with van der Waals surface area (Å²) < 4.78 is 5.41. The molecule has 25 heavy (non-hydrogen) atoms. The molecule has 0 saturated carbocycles. The number of rotatable bonds is 9. The van der Waals surface area contributed by atoms with Gasteiger partial charge in [-0.05, 0) is 61.7 Å². The molecule has 0 aliphatic carbocycles. The van der Waals surface area contributed by atoms with Crippen molar-refractivity contribution in [2.24, 2.45) is 10.2 Å². The molecule has 1 unspecified atom stereocenters. The highest BCUT2D eigenvalue weighted by Crippen LogP contribution is 2.22. The van der Waals surface area contributed by atoms with Gasteiger partial charge in [0.05, 0.1) is 11.4 Å². The summed E-state index contributed by atoms with van der Waals surface area (Å²) in [5.74, 6) is 0.653. The van der Waals surface area contributed by atoms with Crippen LogP contribution in [0.3, 0.4) is 0 Å². The largest absolute Gasteiger partial charge is 0.476 e. The Morgan fingerprint density at radius 2 is 1.52 bits per heavy atom. The van der Waals surface area contributed by atoms with Crippen LogP contribution in [0.1, 0.15) is 45.1 Å². The quantitative estimate of drug-likeness (QED) is 0.387. The third-order valence-electron chi connectivity index (χ3n) is 3.87. The van der Waals surface area contributed by atoms with E-state index in [0.29, 0.717) is 5.75 Å². The van der Waals surface area contributed by atoms with Gasteiger partial charge in [-0.2, -0.15) is 15.5 Å². The van der Waals surface area contributed by atoms with Crippen LogP contribution in [0.15, 0.2) is 58.8 Å². The van der Waals surface area contributed by atoms with Crippen LogP contribution in [0.4, 0.5) is 11.4 Å². The van der Waals surface area contributed by atoms with Crippen molar-refractivity contribution >= 4 is 11.4 Å². The van der Waals surface area contributed by atoms with Crippen LogP contribution in [0.5, 0.6) is 5.75 Å². The van der Waals surface area contributed by atoms with Gasteiger partial charge in [-0.1, -0.05) is 38.3 Å². The first-order chi connectivity index (χ1) is 12.2. The normalized spacial score (nSPS) is 12.0. The Labute approximate surface area is 150 Å². The first-order valence-corrected chi connectivity index (χ1v) is 8.88. The van der Waals surface area contributed by atoms with Crippen molar-refractivity contribution in [2.45, 2.75) is 52.1 Å². The van der Waals surface area contributed by atoms with Crippen LogP contribution in [0, 0.1) is 11.3 Å². The van der Waals surface area contributed by atoms with Crippen LogP contribution in [-0.2, 0) is 6.42 Å². The van der Waals surface area contributed by atoms with Gasteiger partial charge in [0.1, 0.15) is 11.8 Å². The number of hydrogen-bond donors (Lipinski definition) is 0. The van der Waals surface area contributed by atoms with E-state index in [1.807, 2.05) is 30.3 Å². The predicted octanol–water partition coefficient (Wildman–Crippen LogP) is 6.52. The number of nitrogens with zero attached hydrogens (tertiary/aromatic N) is 3. The van der Waals surface area contributed by atoms with E-state index in [1.54, 1.807) is 19.1 Å². The fourth-order valence-corrected chi connectivity index (χ4v) is 2.42. The summed E-state index contributed by atoms with van der Waals surface area (Å²) in [6.45, 7) is 3.94. The molecule has 4 heteroatoms. The molecule has 0 spiro atoms. The zero-order valence-electron chi connectivity index (χ0n) is 15.0. The molecular formula is C21H25N3O. The Morgan fingerprint density at radius 3 is 2.08 bits per heavy atom. The minimum absolute atomic E-state index is 0.465. The summed E-state index contributed by atoms with van der Waals surface area (Å²) >= 11 is 0. The monoisotopic (exact) mass is 335 g/mol. The van der Waals surface area contributed by atoms with Crippen LogP contribution in [0.2, 0.25) is 0 Å². The molecule has 2 rings (SSSR count). The Bertz CT molecular complexity index is 699. The Hall–Kier alpha value is -2.67. The van der Waals surface area contributed by atoms with Crippen molar-refractivity contribution < 1.29 is 4.74 Å². The van der Waals surface area contributed by atoms with Crippen molar-refractivity contribution in [3.8, 4) is 11.8 Å². The van der Waals surface area contributed by atoms with E-state index in [9.17, 15) is 0 Å². The summed E-state index contributed by atoms with van der Waals surface area (Å²) in [4.78, 5) is 0. The van der Waals surface area contributed by atoms with E-state index < -0.39 is 6.10 Å². The Morgan fingerprint density at radius 1 is 0.920 bits per heavy atom. The second kappa shape index (κ2) is 10.2. The Balaban J connectivity index is 1.87. The van der Waals surface area contributed by atoms with Gasteiger partial charge in [0, 0.05) is 0 Å². The van der Waals surface area contributed by atoms with Gasteiger partial charge in [0.25, 0.3) is 0 Å². The smallest absolute Gasteiger partial charge is 0.181 e. The van der Waals surface area contributed by atoms with Gasteiger partial charge in [0.2, 0.25) is 0 Å². The second-order valence-electron chi connectivity index (χ2n) is 6.06. The summed E-state index contributed by atoms with van der Waals surface area (Å²) in [5, 5.41) is 17.2. The van der Waals surface area contributed by atoms with Gasteiger partial charge in [-0.25, -0.2) is 0 Å². The third-order valence-corrected chi connectivity index (χ3v) is 3.87. The van der Waals surface area contributed by atoms with Gasteiger partial charge in [-0.3, -0.25) is 0 Å². The van der Waals surface area contributed by atoms with E-state index in [1.165, 1.54) is 31.2 Å². The average Bonchev–Trinajstić information content (AvgIpc) is 2.65. The number of aryl methyl sites for hydroxylation is 1. The molecule has 0 fully saturated rings. The number of ether oxygens (including phenoxy) is 1. The zero-order valence-corrected chi connectivity index (χ0v) is 15.0. The zero-order chi connectivity index (χ0) is 17.9. The molecule has 0 aromatic heterocycles. The number of nitriles is 1. The van der Waals surface area contributed by atoms with Gasteiger partial charge in [-0.15, -0.1) is 0 Å². The number of hydrogen-bond acceptors (Lipinski definition) is 4. The average molecular weight is 335 g/mol. The maximum Gasteiger partial charge on any atom is 0.181 e. The maximum absolute atomic E-state index is 8.74. The molecule has 2 aromatic rings. The highest BCUT2D eigenvalue weighted by molar-refractivity contribution is 5.43. The molecule has 1 atom stereocenters. The van der Waals surface area contributed by atoms with Crippen LogP contribution >= 0.6 is 0 Å². The molecule has 130 valence electrons. The van der Waals surface area contributed by atoms with Gasteiger partial charge >= 0.3 is 0 Å². The van der Waals surface area contributed by atoms with Crippen LogP contribution < -0.4 is 4.74 Å². The van der Waals surface area contributed by atoms with Gasteiger partial charge < -0.3 is 4.74 Å². The van der Waals surface area contributed by atoms with E-state index in [0.717, 1.165) is 17.8 Å².